The van der Waals surface area contributed by atoms with Crippen molar-refractivity contribution in [2.45, 2.75) is 19.4 Å². The number of urea groups is 1. The van der Waals surface area contributed by atoms with Gasteiger partial charge in [-0.25, -0.2) is 4.79 Å². The third-order valence-electron chi connectivity index (χ3n) is 5.85. The molecule has 0 unspecified atom stereocenters. The van der Waals surface area contributed by atoms with E-state index in [0.29, 0.717) is 12.1 Å². The number of fused-ring (bicyclic) bond motifs is 1. The Bertz CT molecular complexity index is 1090. The van der Waals surface area contributed by atoms with Crippen molar-refractivity contribution in [1.29, 1.82) is 0 Å². The minimum atomic E-state index is -0.199. The van der Waals surface area contributed by atoms with Gasteiger partial charge in [0.05, 0.1) is 39.8 Å². The molecule has 0 spiro atoms. The summed E-state index contributed by atoms with van der Waals surface area (Å²) in [6.45, 7) is 3.99. The number of carbonyl (C=O) groups is 1. The average Bonchev–Trinajstić information content (AvgIpc) is 3.31. The Morgan fingerprint density at radius 3 is 2.65 bits per heavy atom. The number of rotatable bonds is 7. The van der Waals surface area contributed by atoms with Crippen molar-refractivity contribution in [1.82, 2.24) is 9.88 Å². The summed E-state index contributed by atoms with van der Waals surface area (Å²) in [4.78, 5) is 32.0. The van der Waals surface area contributed by atoms with Gasteiger partial charge in [0.25, 0.3) is 5.56 Å². The lowest BCUT2D eigenvalue weighted by molar-refractivity contribution is -0.886. The van der Waals surface area contributed by atoms with E-state index in [1.165, 1.54) is 17.7 Å². The summed E-state index contributed by atoms with van der Waals surface area (Å²) in [7, 11) is 1.62. The number of benzene rings is 2. The topological polar surface area (TPSA) is 78.9 Å². The Labute approximate surface area is 181 Å². The molecule has 3 aromatic rings. The van der Waals surface area contributed by atoms with Crippen LogP contribution in [0.15, 0.2) is 59.4 Å². The van der Waals surface area contributed by atoms with Gasteiger partial charge in [-0.3, -0.25) is 4.79 Å². The van der Waals surface area contributed by atoms with Crippen LogP contribution in [0, 0.1) is 0 Å². The molecule has 0 saturated carbocycles. The summed E-state index contributed by atoms with van der Waals surface area (Å²) >= 11 is 0. The summed E-state index contributed by atoms with van der Waals surface area (Å²) in [5.74, 6) is 0.724. The monoisotopic (exact) mass is 421 g/mol. The molecule has 4 rings (SSSR count). The van der Waals surface area contributed by atoms with Crippen LogP contribution < -0.4 is 20.5 Å². The number of amides is 2. The second-order valence-corrected chi connectivity index (χ2v) is 8.00. The van der Waals surface area contributed by atoms with Crippen LogP contribution in [0.3, 0.4) is 0 Å². The van der Waals surface area contributed by atoms with Crippen molar-refractivity contribution < 1.29 is 14.4 Å². The molecular weight excluding hydrogens is 392 g/mol. The minimum Gasteiger partial charge on any atom is -0.497 e. The van der Waals surface area contributed by atoms with E-state index < -0.39 is 0 Å². The third-order valence-corrected chi connectivity index (χ3v) is 5.85. The zero-order valence-electron chi connectivity index (χ0n) is 17.8. The SMILES string of the molecule is COc1ccc2[nH]c(=O)c(CN(CC[NH+]3CCCC3)C(=O)Nc3ccccc3)cc2c1. The number of hydrogen-bond acceptors (Lipinski definition) is 3. The second-order valence-electron chi connectivity index (χ2n) is 8.00. The Kier molecular flexibility index (Phi) is 6.52. The highest BCUT2D eigenvalue weighted by Crippen LogP contribution is 2.19. The van der Waals surface area contributed by atoms with Crippen LogP contribution in [0.5, 0.6) is 5.75 Å². The number of anilines is 1. The zero-order valence-corrected chi connectivity index (χ0v) is 17.8. The van der Waals surface area contributed by atoms with E-state index in [2.05, 4.69) is 10.3 Å². The maximum atomic E-state index is 13.1. The lowest BCUT2D eigenvalue weighted by Gasteiger charge is -2.24. The number of methoxy groups -OCH3 is 1. The number of carbonyl (C=O) groups excluding carboxylic acids is 1. The molecule has 0 atom stereocenters. The highest BCUT2D eigenvalue weighted by atomic mass is 16.5. The molecule has 7 heteroatoms. The van der Waals surface area contributed by atoms with Gasteiger partial charge >= 0.3 is 6.03 Å². The fourth-order valence-corrected chi connectivity index (χ4v) is 4.07. The molecule has 1 aliphatic heterocycles. The van der Waals surface area contributed by atoms with Crippen LogP contribution in [-0.2, 0) is 6.54 Å². The lowest BCUT2D eigenvalue weighted by Crippen LogP contribution is -3.10. The molecule has 0 radical (unpaired) electrons. The smallest absolute Gasteiger partial charge is 0.322 e. The first-order valence-corrected chi connectivity index (χ1v) is 10.8. The van der Waals surface area contributed by atoms with E-state index >= 15 is 0 Å². The van der Waals surface area contributed by atoms with Gasteiger partial charge in [-0.1, -0.05) is 18.2 Å². The molecule has 2 heterocycles. The lowest BCUT2D eigenvalue weighted by atomic mass is 10.1. The average molecular weight is 422 g/mol. The quantitative estimate of drug-likeness (QED) is 0.548. The number of nitrogens with one attached hydrogen (secondary N) is 3. The van der Waals surface area contributed by atoms with Gasteiger partial charge in [-0.2, -0.15) is 0 Å². The number of hydrogen-bond donors (Lipinski definition) is 3. The van der Waals surface area contributed by atoms with Crippen LogP contribution in [0.25, 0.3) is 10.9 Å². The Morgan fingerprint density at radius 1 is 1.13 bits per heavy atom. The van der Waals surface area contributed by atoms with Crippen molar-refractivity contribution in [3.63, 3.8) is 0 Å². The van der Waals surface area contributed by atoms with Crippen molar-refractivity contribution >= 4 is 22.6 Å². The van der Waals surface area contributed by atoms with Crippen LogP contribution in [-0.4, -0.2) is 49.2 Å². The number of H-pyrrole nitrogens is 1. The number of likely N-dealkylation sites (tertiary alicyclic amines) is 1. The number of pyridine rings is 1. The van der Waals surface area contributed by atoms with E-state index in [0.717, 1.165) is 42.0 Å². The summed E-state index contributed by atoms with van der Waals surface area (Å²) in [5.41, 5.74) is 1.86. The Hall–Kier alpha value is -3.32. The van der Waals surface area contributed by atoms with Crippen molar-refractivity contribution in [3.05, 3.63) is 70.5 Å². The molecule has 7 nitrogen and oxygen atoms in total. The highest BCUT2D eigenvalue weighted by Gasteiger charge is 2.21. The third kappa shape index (κ3) is 5.24. The van der Waals surface area contributed by atoms with Crippen LogP contribution >= 0.6 is 0 Å². The van der Waals surface area contributed by atoms with Gasteiger partial charge in [0.1, 0.15) is 5.75 Å². The van der Waals surface area contributed by atoms with E-state index in [-0.39, 0.29) is 18.1 Å². The summed E-state index contributed by atoms with van der Waals surface area (Å²) < 4.78 is 5.30. The minimum absolute atomic E-state index is 0.177. The first-order chi connectivity index (χ1) is 15.1. The van der Waals surface area contributed by atoms with Crippen molar-refractivity contribution in [2.75, 3.05) is 38.6 Å². The molecule has 2 amide bonds. The van der Waals surface area contributed by atoms with Crippen LogP contribution in [0.4, 0.5) is 10.5 Å². The van der Waals surface area contributed by atoms with Gasteiger partial charge < -0.3 is 24.8 Å². The number of para-hydroxylation sites is 1. The van der Waals surface area contributed by atoms with E-state index in [4.69, 9.17) is 4.74 Å². The summed E-state index contributed by atoms with van der Waals surface area (Å²) in [6.07, 6.45) is 2.47. The van der Waals surface area contributed by atoms with Gasteiger partial charge in [0.2, 0.25) is 0 Å². The predicted molar refractivity (Wildman–Crippen MR) is 122 cm³/mol. The molecular formula is C24H29N4O3+. The van der Waals surface area contributed by atoms with E-state index in [9.17, 15) is 9.59 Å². The molecule has 0 bridgehead atoms. The van der Waals surface area contributed by atoms with E-state index in [1.807, 2.05) is 54.6 Å². The number of nitrogens with zero attached hydrogens (tertiary/aromatic N) is 1. The highest BCUT2D eigenvalue weighted by molar-refractivity contribution is 5.89. The van der Waals surface area contributed by atoms with Crippen LogP contribution in [0.2, 0.25) is 0 Å². The molecule has 0 aliphatic carbocycles. The molecule has 1 saturated heterocycles. The fraction of sp³-hybridized carbons (Fsp3) is 0.333. The van der Waals surface area contributed by atoms with Gasteiger partial charge in [0, 0.05) is 35.0 Å². The van der Waals surface area contributed by atoms with Gasteiger partial charge in [-0.15, -0.1) is 0 Å². The fourth-order valence-electron chi connectivity index (χ4n) is 4.07. The maximum absolute atomic E-state index is 13.1. The normalized spacial score (nSPS) is 14.0. The molecule has 162 valence electrons. The molecule has 2 aromatic carbocycles. The summed E-state index contributed by atoms with van der Waals surface area (Å²) in [6, 6.07) is 16.6. The predicted octanol–water partition coefficient (Wildman–Crippen LogP) is 2.25. The number of aromatic amines is 1. The largest absolute Gasteiger partial charge is 0.497 e. The zero-order chi connectivity index (χ0) is 21.6. The van der Waals surface area contributed by atoms with Gasteiger partial charge in [0.15, 0.2) is 0 Å². The molecule has 1 aromatic heterocycles. The number of quaternary nitrogens is 1. The van der Waals surface area contributed by atoms with Crippen molar-refractivity contribution in [2.24, 2.45) is 0 Å². The maximum Gasteiger partial charge on any atom is 0.322 e. The first kappa shape index (κ1) is 20.9. The Balaban J connectivity index is 1.57. The van der Waals surface area contributed by atoms with Crippen LogP contribution in [0.1, 0.15) is 18.4 Å². The molecule has 1 fully saturated rings. The Morgan fingerprint density at radius 2 is 1.90 bits per heavy atom. The standard InChI is InChI=1S/C24H28N4O3/c1-31-21-9-10-22-18(16-21)15-19(23(29)26-22)17-28(14-13-27-11-5-6-12-27)24(30)25-20-7-3-2-4-8-20/h2-4,7-10,15-16H,5-6,11-14,17H2,1H3,(H,25,30)(H,26,29)/p+1. The molecule has 3 N–H and O–H groups in total. The number of ether oxygens (including phenoxy) is 1. The van der Waals surface area contributed by atoms with Crippen molar-refractivity contribution in [3.8, 4) is 5.75 Å². The number of aromatic nitrogens is 1. The molecule has 31 heavy (non-hydrogen) atoms. The van der Waals surface area contributed by atoms with E-state index in [1.54, 1.807) is 12.0 Å². The second kappa shape index (κ2) is 9.66. The summed E-state index contributed by atoms with van der Waals surface area (Å²) in [5, 5.41) is 3.84. The van der Waals surface area contributed by atoms with Gasteiger partial charge in [-0.05, 0) is 36.4 Å². The first-order valence-electron chi connectivity index (χ1n) is 10.8. The molecule has 1 aliphatic rings.